The highest BCUT2D eigenvalue weighted by Gasteiger charge is 2.49. The normalized spacial score (nSPS) is 22.1. The van der Waals surface area contributed by atoms with Crippen LogP contribution in [-0.2, 0) is 12.8 Å². The van der Waals surface area contributed by atoms with Crippen LogP contribution >= 0.6 is 0 Å². The van der Waals surface area contributed by atoms with Crippen molar-refractivity contribution in [2.24, 2.45) is 0 Å². The first-order valence-corrected chi connectivity index (χ1v) is 9.52. The van der Waals surface area contributed by atoms with Crippen molar-refractivity contribution in [1.82, 2.24) is 0 Å². The molecular weight excluding hydrogens is 413 g/mol. The highest BCUT2D eigenvalue weighted by atomic mass is 19.4. The van der Waals surface area contributed by atoms with Crippen LogP contribution in [0.3, 0.4) is 0 Å². The summed E-state index contributed by atoms with van der Waals surface area (Å²) in [6.45, 7) is 1.88. The van der Waals surface area contributed by atoms with Crippen molar-refractivity contribution in [2.45, 2.75) is 63.7 Å². The molecule has 164 valence electrons. The first-order valence-electron chi connectivity index (χ1n) is 9.52. The first kappa shape index (κ1) is 22.6. The molecule has 2 unspecified atom stereocenters. The fraction of sp³-hybridized carbons (Fsp3) is 0.455. The van der Waals surface area contributed by atoms with Crippen LogP contribution in [0.2, 0.25) is 0 Å². The van der Waals surface area contributed by atoms with Gasteiger partial charge in [0.1, 0.15) is 17.7 Å². The maximum atomic E-state index is 14.5. The zero-order chi connectivity index (χ0) is 22.4. The molecule has 2 aromatic carbocycles. The topological polar surface area (TPSA) is 20.2 Å². The lowest BCUT2D eigenvalue weighted by Crippen LogP contribution is -2.22. The van der Waals surface area contributed by atoms with Gasteiger partial charge in [-0.05, 0) is 65.6 Å². The predicted molar refractivity (Wildman–Crippen MR) is 97.7 cm³/mol. The van der Waals surface area contributed by atoms with Gasteiger partial charge in [0.15, 0.2) is 0 Å². The van der Waals surface area contributed by atoms with Gasteiger partial charge in [-0.2, -0.15) is 13.2 Å². The Labute approximate surface area is 169 Å². The van der Waals surface area contributed by atoms with Gasteiger partial charge in [-0.25, -0.2) is 17.6 Å². The van der Waals surface area contributed by atoms with E-state index in [0.717, 1.165) is 12.5 Å². The number of alkyl halides is 5. The van der Waals surface area contributed by atoms with Crippen molar-refractivity contribution in [1.29, 1.82) is 0 Å². The van der Waals surface area contributed by atoms with Crippen LogP contribution in [0.25, 0.3) is 0 Å². The summed E-state index contributed by atoms with van der Waals surface area (Å²) in [6, 6.07) is 5.65. The van der Waals surface area contributed by atoms with Crippen LogP contribution in [0.15, 0.2) is 24.3 Å². The first-order chi connectivity index (χ1) is 13.8. The molecule has 0 amide bonds. The lowest BCUT2D eigenvalue weighted by Gasteiger charge is -2.28. The molecule has 0 spiro atoms. The highest BCUT2D eigenvalue weighted by molar-refractivity contribution is 5.52. The van der Waals surface area contributed by atoms with Crippen LogP contribution in [0.4, 0.5) is 30.7 Å². The molecule has 2 atom stereocenters. The molecule has 1 nitrogen and oxygen atoms in total. The molecule has 0 fully saturated rings. The molecule has 0 saturated heterocycles. The molecule has 0 bridgehead atoms. The number of fused-ring (bicyclic) bond motifs is 2. The number of halogens is 7. The molecule has 0 aliphatic heterocycles. The maximum Gasteiger partial charge on any atom is 0.386 e. The Morgan fingerprint density at radius 3 is 2.33 bits per heavy atom. The second-order valence-electron chi connectivity index (χ2n) is 7.89. The number of benzene rings is 2. The SMILES string of the molecule is CC(F)(F)F.Cc1ccc(C2CCCc3cc(F)cc(F)c32)c2c1C(O)C(F)(F)C2. The van der Waals surface area contributed by atoms with E-state index in [0.29, 0.717) is 40.7 Å². The molecule has 0 heterocycles. The number of hydrogen-bond acceptors (Lipinski definition) is 1. The number of rotatable bonds is 1. The van der Waals surface area contributed by atoms with E-state index >= 15 is 0 Å². The van der Waals surface area contributed by atoms with Gasteiger partial charge < -0.3 is 5.11 Å². The van der Waals surface area contributed by atoms with E-state index in [1.54, 1.807) is 19.1 Å². The second-order valence-corrected chi connectivity index (χ2v) is 7.89. The van der Waals surface area contributed by atoms with E-state index in [4.69, 9.17) is 0 Å². The zero-order valence-electron chi connectivity index (χ0n) is 16.4. The molecule has 8 heteroatoms. The third-order valence-corrected chi connectivity index (χ3v) is 5.54. The molecule has 2 aromatic rings. The van der Waals surface area contributed by atoms with Crippen molar-refractivity contribution in [2.75, 3.05) is 0 Å². The van der Waals surface area contributed by atoms with Crippen molar-refractivity contribution >= 4 is 0 Å². The van der Waals surface area contributed by atoms with E-state index in [-0.39, 0.29) is 18.4 Å². The third kappa shape index (κ3) is 4.48. The summed E-state index contributed by atoms with van der Waals surface area (Å²) < 4.78 is 87.3. The Morgan fingerprint density at radius 1 is 1.07 bits per heavy atom. The predicted octanol–water partition coefficient (Wildman–Crippen LogP) is 6.53. The molecule has 30 heavy (non-hydrogen) atoms. The van der Waals surface area contributed by atoms with Gasteiger partial charge in [-0.15, -0.1) is 0 Å². The summed E-state index contributed by atoms with van der Waals surface area (Å²) >= 11 is 0. The summed E-state index contributed by atoms with van der Waals surface area (Å²) in [5, 5.41) is 10.0. The number of hydrogen-bond donors (Lipinski definition) is 1. The zero-order valence-corrected chi connectivity index (χ0v) is 16.4. The summed E-state index contributed by atoms with van der Waals surface area (Å²) in [7, 11) is 0. The summed E-state index contributed by atoms with van der Waals surface area (Å²) in [5.74, 6) is -4.85. The molecule has 0 aromatic heterocycles. The molecule has 4 rings (SSSR count). The molecule has 2 aliphatic carbocycles. The van der Waals surface area contributed by atoms with Crippen molar-refractivity contribution < 1.29 is 35.8 Å². The van der Waals surface area contributed by atoms with Crippen LogP contribution < -0.4 is 0 Å². The Balaban J connectivity index is 0.000000461. The standard InChI is InChI=1S/C20H18F4O.C2H3F3/c1-10-5-6-13(15-9-20(23,24)19(25)17(10)15)14-4-2-3-11-7-12(21)8-16(22)18(11)14;1-2(3,4)5/h5-8,14,19,25H,2-4,9H2,1H3;1H3. The third-order valence-electron chi connectivity index (χ3n) is 5.54. The average molecular weight is 434 g/mol. The second kappa shape index (κ2) is 7.87. The number of aryl methyl sites for hydroxylation is 2. The fourth-order valence-electron chi connectivity index (χ4n) is 4.43. The average Bonchev–Trinajstić information content (AvgIpc) is 2.83. The minimum Gasteiger partial charge on any atom is -0.382 e. The summed E-state index contributed by atoms with van der Waals surface area (Å²) in [4.78, 5) is 0. The molecule has 1 N–H and O–H groups in total. The van der Waals surface area contributed by atoms with Crippen molar-refractivity contribution in [3.8, 4) is 0 Å². The number of aliphatic hydroxyl groups excluding tert-OH is 1. The smallest absolute Gasteiger partial charge is 0.382 e. The lowest BCUT2D eigenvalue weighted by atomic mass is 9.76. The fourth-order valence-corrected chi connectivity index (χ4v) is 4.43. The molecular formula is C22H21F7O. The van der Waals surface area contributed by atoms with Gasteiger partial charge in [0.2, 0.25) is 0 Å². The van der Waals surface area contributed by atoms with Gasteiger partial charge in [-0.1, -0.05) is 12.1 Å². The number of aliphatic hydroxyl groups is 1. The minimum absolute atomic E-state index is 0.188. The van der Waals surface area contributed by atoms with E-state index in [1.165, 1.54) is 6.07 Å². The summed E-state index contributed by atoms with van der Waals surface area (Å²) in [5.41, 5.74) is 2.93. The van der Waals surface area contributed by atoms with Gasteiger partial charge in [0.25, 0.3) is 5.92 Å². The van der Waals surface area contributed by atoms with Gasteiger partial charge in [-0.3, -0.25) is 0 Å². The monoisotopic (exact) mass is 434 g/mol. The van der Waals surface area contributed by atoms with Gasteiger partial charge >= 0.3 is 6.18 Å². The quantitative estimate of drug-likeness (QED) is 0.506. The highest BCUT2D eigenvalue weighted by Crippen LogP contribution is 2.49. The molecule has 2 aliphatic rings. The van der Waals surface area contributed by atoms with Gasteiger partial charge in [0.05, 0.1) is 0 Å². The van der Waals surface area contributed by atoms with E-state index in [9.17, 15) is 35.8 Å². The van der Waals surface area contributed by atoms with E-state index in [2.05, 4.69) is 0 Å². The maximum absolute atomic E-state index is 14.5. The Morgan fingerprint density at radius 2 is 1.70 bits per heavy atom. The Kier molecular flexibility index (Phi) is 5.93. The largest absolute Gasteiger partial charge is 0.386 e. The Bertz CT molecular complexity index is 943. The molecule has 0 saturated carbocycles. The van der Waals surface area contributed by atoms with E-state index < -0.39 is 36.3 Å². The summed E-state index contributed by atoms with van der Waals surface area (Å²) in [6.07, 6.45) is -4.44. The van der Waals surface area contributed by atoms with Crippen molar-refractivity contribution in [3.63, 3.8) is 0 Å². The van der Waals surface area contributed by atoms with Crippen LogP contribution in [0.1, 0.15) is 65.2 Å². The molecule has 0 radical (unpaired) electrons. The van der Waals surface area contributed by atoms with Crippen LogP contribution in [-0.4, -0.2) is 17.2 Å². The van der Waals surface area contributed by atoms with Gasteiger partial charge in [0, 0.05) is 25.3 Å². The lowest BCUT2D eigenvalue weighted by molar-refractivity contribution is -0.110. The van der Waals surface area contributed by atoms with Crippen LogP contribution in [0, 0.1) is 18.6 Å². The van der Waals surface area contributed by atoms with Crippen molar-refractivity contribution in [3.05, 3.63) is 69.3 Å². The minimum atomic E-state index is -4.00. The Hall–Kier alpha value is -2.09. The van der Waals surface area contributed by atoms with E-state index in [1.807, 2.05) is 0 Å². The van der Waals surface area contributed by atoms with Crippen LogP contribution in [0.5, 0.6) is 0 Å².